The molecule has 0 atom stereocenters. The number of aryl methyl sites for hydroxylation is 2. The summed E-state index contributed by atoms with van der Waals surface area (Å²) in [5.74, 6) is -0.991. The van der Waals surface area contributed by atoms with E-state index in [0.717, 1.165) is 56.3 Å². The lowest BCUT2D eigenvalue weighted by atomic mass is 9.98. The lowest BCUT2D eigenvalue weighted by Gasteiger charge is -2.30. The average molecular weight is 421 g/mol. The molecule has 0 fully saturated rings. The molecule has 0 saturated heterocycles. The number of rotatable bonds is 8. The standard InChI is InChI=1S/C25H28N2O4/c1-2-27-12-6-7-19-15-20-16-21(25(30)31-23(20)17-22(19)27)18-9-13-26(14-10-18)11-5-3-4-8-24(28)29/h9-10,13-17H,2-8,11-12H2,1H3. The van der Waals surface area contributed by atoms with Crippen LogP contribution in [0.25, 0.3) is 22.1 Å². The topological polar surface area (TPSA) is 77.5 Å². The molecule has 6 heteroatoms. The second-order valence-corrected chi connectivity index (χ2v) is 8.16. The van der Waals surface area contributed by atoms with Crippen LogP contribution in [0.1, 0.15) is 44.6 Å². The van der Waals surface area contributed by atoms with E-state index < -0.39 is 5.97 Å². The fourth-order valence-electron chi connectivity index (χ4n) is 4.33. The van der Waals surface area contributed by atoms with Gasteiger partial charge in [-0.2, -0.15) is 0 Å². The number of aromatic nitrogens is 1. The summed E-state index contributed by atoms with van der Waals surface area (Å²) in [4.78, 5) is 25.5. The maximum Gasteiger partial charge on any atom is 0.344 e. The number of benzene rings is 1. The van der Waals surface area contributed by atoms with Crippen LogP contribution < -0.4 is 20.2 Å². The predicted octanol–water partition coefficient (Wildman–Crippen LogP) is 2.83. The number of nitrogens with zero attached hydrogens (tertiary/aromatic N) is 2. The van der Waals surface area contributed by atoms with Crippen molar-refractivity contribution in [3.63, 3.8) is 0 Å². The number of carboxylic acid groups (broad SMARTS) is 1. The van der Waals surface area contributed by atoms with Crippen LogP contribution in [-0.2, 0) is 17.8 Å². The first-order valence-corrected chi connectivity index (χ1v) is 11.1. The molecule has 1 aliphatic heterocycles. The predicted molar refractivity (Wildman–Crippen MR) is 118 cm³/mol. The summed E-state index contributed by atoms with van der Waals surface area (Å²) >= 11 is 0. The fourth-order valence-corrected chi connectivity index (χ4v) is 4.33. The van der Waals surface area contributed by atoms with Crippen molar-refractivity contribution in [2.24, 2.45) is 0 Å². The molecule has 0 N–H and O–H groups in total. The first-order valence-electron chi connectivity index (χ1n) is 11.1. The number of pyridine rings is 1. The van der Waals surface area contributed by atoms with E-state index in [2.05, 4.69) is 17.9 Å². The zero-order chi connectivity index (χ0) is 21.8. The molecule has 0 bridgehead atoms. The SMILES string of the molecule is CCN1CCCc2cc3cc(-c4cc[n+](CCCCCC(=O)[O-])cc4)c(=O)oc3cc21. The van der Waals surface area contributed by atoms with E-state index in [0.29, 0.717) is 17.6 Å². The van der Waals surface area contributed by atoms with Gasteiger partial charge in [-0.25, -0.2) is 9.36 Å². The van der Waals surface area contributed by atoms with Crippen LogP contribution in [0.5, 0.6) is 0 Å². The minimum Gasteiger partial charge on any atom is -0.550 e. The first-order chi connectivity index (χ1) is 15.0. The van der Waals surface area contributed by atoms with Gasteiger partial charge in [0.05, 0.1) is 5.56 Å². The quantitative estimate of drug-likeness (QED) is 0.318. The van der Waals surface area contributed by atoms with E-state index in [1.54, 1.807) is 0 Å². The van der Waals surface area contributed by atoms with E-state index in [-0.39, 0.29) is 12.0 Å². The van der Waals surface area contributed by atoms with Crippen LogP contribution in [0.15, 0.2) is 51.9 Å². The van der Waals surface area contributed by atoms with Gasteiger partial charge in [-0.05, 0) is 56.7 Å². The molecule has 0 aliphatic carbocycles. The zero-order valence-corrected chi connectivity index (χ0v) is 17.9. The number of carbonyl (C=O) groups is 1. The van der Waals surface area contributed by atoms with Crippen molar-refractivity contribution in [3.8, 4) is 11.1 Å². The van der Waals surface area contributed by atoms with Crippen molar-refractivity contribution in [1.29, 1.82) is 0 Å². The molecule has 3 aromatic rings. The van der Waals surface area contributed by atoms with Crippen molar-refractivity contribution in [2.45, 2.75) is 52.0 Å². The maximum absolute atomic E-state index is 12.7. The number of carbonyl (C=O) groups excluding carboxylic acids is 1. The fraction of sp³-hybridized carbons (Fsp3) is 0.400. The van der Waals surface area contributed by atoms with Crippen molar-refractivity contribution in [3.05, 3.63) is 58.7 Å². The number of fused-ring (bicyclic) bond motifs is 2. The summed E-state index contributed by atoms with van der Waals surface area (Å²) in [6.45, 7) is 4.94. The Morgan fingerprint density at radius 3 is 2.71 bits per heavy atom. The molecule has 0 spiro atoms. The van der Waals surface area contributed by atoms with Gasteiger partial charge in [0, 0.05) is 60.3 Å². The van der Waals surface area contributed by atoms with Gasteiger partial charge >= 0.3 is 5.63 Å². The molecular weight excluding hydrogens is 392 g/mol. The molecular formula is C25H28N2O4. The summed E-state index contributed by atoms with van der Waals surface area (Å²) < 4.78 is 7.75. The van der Waals surface area contributed by atoms with Gasteiger partial charge in [0.15, 0.2) is 12.4 Å². The molecule has 3 heterocycles. The largest absolute Gasteiger partial charge is 0.550 e. The zero-order valence-electron chi connectivity index (χ0n) is 17.9. The van der Waals surface area contributed by atoms with E-state index >= 15 is 0 Å². The lowest BCUT2D eigenvalue weighted by molar-refractivity contribution is -0.697. The van der Waals surface area contributed by atoms with Gasteiger partial charge in [-0.1, -0.05) is 0 Å². The second-order valence-electron chi connectivity index (χ2n) is 8.16. The van der Waals surface area contributed by atoms with Gasteiger partial charge in [0.1, 0.15) is 12.1 Å². The summed E-state index contributed by atoms with van der Waals surface area (Å²) in [6, 6.07) is 9.96. The number of aliphatic carboxylic acids is 1. The summed E-state index contributed by atoms with van der Waals surface area (Å²) in [7, 11) is 0. The molecule has 0 radical (unpaired) electrons. The highest BCUT2D eigenvalue weighted by molar-refractivity contribution is 5.86. The minimum absolute atomic E-state index is 0.112. The monoisotopic (exact) mass is 420 g/mol. The van der Waals surface area contributed by atoms with E-state index in [4.69, 9.17) is 4.42 Å². The van der Waals surface area contributed by atoms with Gasteiger partial charge < -0.3 is 19.2 Å². The lowest BCUT2D eigenvalue weighted by Crippen LogP contribution is -2.32. The Morgan fingerprint density at radius 2 is 1.97 bits per heavy atom. The molecule has 1 aliphatic rings. The van der Waals surface area contributed by atoms with Crippen LogP contribution in [0.4, 0.5) is 5.69 Å². The van der Waals surface area contributed by atoms with Crippen LogP contribution in [0.2, 0.25) is 0 Å². The second kappa shape index (κ2) is 9.33. The number of anilines is 1. The highest BCUT2D eigenvalue weighted by Gasteiger charge is 2.18. The van der Waals surface area contributed by atoms with Crippen LogP contribution >= 0.6 is 0 Å². The van der Waals surface area contributed by atoms with Gasteiger partial charge in [-0.15, -0.1) is 0 Å². The van der Waals surface area contributed by atoms with Crippen LogP contribution in [0.3, 0.4) is 0 Å². The van der Waals surface area contributed by atoms with E-state index in [9.17, 15) is 14.7 Å². The number of hydrogen-bond donors (Lipinski definition) is 0. The molecule has 0 saturated carbocycles. The summed E-state index contributed by atoms with van der Waals surface area (Å²) in [5.41, 5.74) is 4.19. The third-order valence-electron chi connectivity index (χ3n) is 6.03. The molecule has 0 unspecified atom stereocenters. The van der Waals surface area contributed by atoms with Crippen molar-refractivity contribution < 1.29 is 18.9 Å². The van der Waals surface area contributed by atoms with Crippen molar-refractivity contribution in [1.82, 2.24) is 0 Å². The Labute approximate surface area is 181 Å². The Hall–Kier alpha value is -3.15. The van der Waals surface area contributed by atoms with Crippen molar-refractivity contribution in [2.75, 3.05) is 18.0 Å². The third kappa shape index (κ3) is 4.79. The maximum atomic E-state index is 12.7. The molecule has 1 aromatic carbocycles. The van der Waals surface area contributed by atoms with Gasteiger partial charge in [0.2, 0.25) is 0 Å². The van der Waals surface area contributed by atoms with E-state index in [1.165, 1.54) is 11.3 Å². The van der Waals surface area contributed by atoms with Gasteiger partial charge in [-0.3, -0.25) is 0 Å². The Bertz CT molecular complexity index is 1130. The highest BCUT2D eigenvalue weighted by atomic mass is 16.4. The summed E-state index contributed by atoms with van der Waals surface area (Å²) in [5, 5.41) is 11.4. The smallest absolute Gasteiger partial charge is 0.344 e. The minimum atomic E-state index is -0.991. The Balaban J connectivity index is 1.53. The molecule has 6 nitrogen and oxygen atoms in total. The average Bonchev–Trinajstić information content (AvgIpc) is 2.77. The Kier molecular flexibility index (Phi) is 6.35. The summed E-state index contributed by atoms with van der Waals surface area (Å²) in [6.07, 6.45) is 8.58. The molecule has 4 rings (SSSR count). The van der Waals surface area contributed by atoms with Gasteiger partial charge in [0.25, 0.3) is 0 Å². The van der Waals surface area contributed by atoms with Crippen molar-refractivity contribution >= 4 is 22.6 Å². The molecule has 31 heavy (non-hydrogen) atoms. The number of unbranched alkanes of at least 4 members (excludes halogenated alkanes) is 2. The third-order valence-corrected chi connectivity index (χ3v) is 6.03. The normalized spacial score (nSPS) is 13.4. The molecule has 0 amide bonds. The number of hydrogen-bond acceptors (Lipinski definition) is 5. The Morgan fingerprint density at radius 1 is 1.16 bits per heavy atom. The van der Waals surface area contributed by atoms with Crippen LogP contribution in [-0.4, -0.2) is 19.1 Å². The number of carboxylic acids is 1. The van der Waals surface area contributed by atoms with Crippen LogP contribution in [0, 0.1) is 0 Å². The molecule has 162 valence electrons. The first kappa shape index (κ1) is 21.1. The highest BCUT2D eigenvalue weighted by Crippen LogP contribution is 2.32. The molecule has 2 aromatic heterocycles. The van der Waals surface area contributed by atoms with E-state index in [1.807, 2.05) is 41.2 Å².